The van der Waals surface area contributed by atoms with E-state index in [2.05, 4.69) is 15.3 Å². The molecule has 4 nitrogen and oxygen atoms in total. The molecule has 162 valence electrons. The van der Waals surface area contributed by atoms with Crippen molar-refractivity contribution in [1.82, 2.24) is 0 Å². The van der Waals surface area contributed by atoms with Gasteiger partial charge in [0.1, 0.15) is 6.29 Å². The molecule has 0 atom stereocenters. The van der Waals surface area contributed by atoms with Gasteiger partial charge in [0.05, 0.1) is 5.71 Å². The molecule has 6 heteroatoms. The molecular formula is C25H27F2N3O. The summed E-state index contributed by atoms with van der Waals surface area (Å²) < 4.78 is 28.1. The molecule has 0 aromatic heterocycles. The van der Waals surface area contributed by atoms with Crippen LogP contribution in [0.5, 0.6) is 0 Å². The molecule has 0 saturated heterocycles. The second-order valence-corrected chi connectivity index (χ2v) is 7.05. The number of aliphatic imine (C=N–C) groups is 2. The van der Waals surface area contributed by atoms with E-state index in [1.807, 2.05) is 19.9 Å². The van der Waals surface area contributed by atoms with Crippen LogP contribution in [0.25, 0.3) is 5.57 Å². The van der Waals surface area contributed by atoms with Gasteiger partial charge in [0.15, 0.2) is 17.5 Å². The fourth-order valence-electron chi connectivity index (χ4n) is 2.88. The fraction of sp³-hybridized carbons (Fsp3) is 0.240. The van der Waals surface area contributed by atoms with Crippen molar-refractivity contribution in [2.45, 2.75) is 41.0 Å². The van der Waals surface area contributed by atoms with E-state index in [-0.39, 0.29) is 11.1 Å². The average molecular weight is 424 g/mol. The Morgan fingerprint density at radius 1 is 1.10 bits per heavy atom. The number of allylic oxidation sites excluding steroid dienone is 2. The van der Waals surface area contributed by atoms with E-state index in [0.29, 0.717) is 22.7 Å². The van der Waals surface area contributed by atoms with Crippen LogP contribution in [0.3, 0.4) is 0 Å². The van der Waals surface area contributed by atoms with Crippen molar-refractivity contribution in [2.24, 2.45) is 9.98 Å². The summed E-state index contributed by atoms with van der Waals surface area (Å²) in [5.74, 6) is -1.24. The summed E-state index contributed by atoms with van der Waals surface area (Å²) in [6.45, 7) is 8.79. The molecule has 0 radical (unpaired) electrons. The number of aldehydes is 1. The van der Waals surface area contributed by atoms with Crippen LogP contribution >= 0.6 is 0 Å². The summed E-state index contributed by atoms with van der Waals surface area (Å²) in [5.41, 5.74) is 3.81. The number of hydrogen-bond donors (Lipinski definition) is 1. The van der Waals surface area contributed by atoms with Gasteiger partial charge in [0.2, 0.25) is 0 Å². The molecular weight excluding hydrogens is 396 g/mol. The van der Waals surface area contributed by atoms with Gasteiger partial charge in [-0.05, 0) is 69.0 Å². The molecule has 0 spiro atoms. The Labute approximate surface area is 182 Å². The van der Waals surface area contributed by atoms with Crippen molar-refractivity contribution >= 4 is 29.1 Å². The summed E-state index contributed by atoms with van der Waals surface area (Å²) in [4.78, 5) is 20.0. The maximum Gasteiger partial charge on any atom is 0.166 e. The van der Waals surface area contributed by atoms with Crippen LogP contribution in [-0.2, 0) is 6.42 Å². The highest BCUT2D eigenvalue weighted by Crippen LogP contribution is 2.22. The van der Waals surface area contributed by atoms with Gasteiger partial charge in [-0.25, -0.2) is 13.8 Å². The molecule has 0 aliphatic rings. The van der Waals surface area contributed by atoms with Crippen LogP contribution in [0.1, 0.15) is 54.7 Å². The lowest BCUT2D eigenvalue weighted by molar-refractivity contribution is 0.112. The summed E-state index contributed by atoms with van der Waals surface area (Å²) >= 11 is 0. The largest absolute Gasteiger partial charge is 0.339 e. The lowest BCUT2D eigenvalue weighted by Gasteiger charge is -2.11. The molecule has 2 aromatic rings. The molecule has 0 aliphatic heterocycles. The van der Waals surface area contributed by atoms with Crippen molar-refractivity contribution in [3.8, 4) is 0 Å². The van der Waals surface area contributed by atoms with E-state index in [9.17, 15) is 13.6 Å². The van der Waals surface area contributed by atoms with Gasteiger partial charge in [0.25, 0.3) is 0 Å². The number of halogens is 2. The summed E-state index contributed by atoms with van der Waals surface area (Å²) in [6, 6.07) is 8.53. The fourth-order valence-corrected chi connectivity index (χ4v) is 2.88. The molecule has 0 heterocycles. The number of amidine groups is 1. The Kier molecular flexibility index (Phi) is 8.55. The third-order valence-electron chi connectivity index (χ3n) is 4.76. The molecule has 0 bridgehead atoms. The van der Waals surface area contributed by atoms with Crippen molar-refractivity contribution in [2.75, 3.05) is 5.32 Å². The minimum Gasteiger partial charge on any atom is -0.339 e. The Balaban J connectivity index is 2.36. The van der Waals surface area contributed by atoms with E-state index in [4.69, 9.17) is 0 Å². The minimum atomic E-state index is -0.884. The molecule has 31 heavy (non-hydrogen) atoms. The van der Waals surface area contributed by atoms with Crippen molar-refractivity contribution in [3.63, 3.8) is 0 Å². The third-order valence-corrected chi connectivity index (χ3v) is 4.76. The first-order valence-electron chi connectivity index (χ1n) is 10.0. The highest BCUT2D eigenvalue weighted by Gasteiger charge is 2.12. The maximum absolute atomic E-state index is 14.2. The first kappa shape index (κ1) is 23.9. The highest BCUT2D eigenvalue weighted by atomic mass is 19.2. The topological polar surface area (TPSA) is 53.8 Å². The number of anilines is 1. The molecule has 0 saturated carbocycles. The molecule has 0 amide bonds. The maximum atomic E-state index is 14.2. The van der Waals surface area contributed by atoms with Crippen molar-refractivity contribution in [1.29, 1.82) is 0 Å². The quantitative estimate of drug-likeness (QED) is 0.313. The summed E-state index contributed by atoms with van der Waals surface area (Å²) in [7, 11) is 0. The van der Waals surface area contributed by atoms with Crippen LogP contribution < -0.4 is 5.32 Å². The Bertz CT molecular complexity index is 1080. The number of nitrogens with one attached hydrogen (secondary N) is 1. The predicted molar refractivity (Wildman–Crippen MR) is 125 cm³/mol. The number of benzene rings is 2. The van der Waals surface area contributed by atoms with Crippen molar-refractivity contribution < 1.29 is 13.6 Å². The molecule has 2 rings (SSSR count). The van der Waals surface area contributed by atoms with Gasteiger partial charge in [-0.2, -0.15) is 0 Å². The van der Waals surface area contributed by atoms with Gasteiger partial charge in [-0.1, -0.05) is 25.1 Å². The van der Waals surface area contributed by atoms with Crippen LogP contribution in [0, 0.1) is 18.6 Å². The van der Waals surface area contributed by atoms with E-state index < -0.39 is 11.6 Å². The van der Waals surface area contributed by atoms with Crippen LogP contribution in [0.15, 0.2) is 58.8 Å². The number of aryl methyl sites for hydroxylation is 2. The first-order chi connectivity index (χ1) is 14.8. The van der Waals surface area contributed by atoms with Gasteiger partial charge in [-0.3, -0.25) is 9.79 Å². The van der Waals surface area contributed by atoms with Crippen LogP contribution in [-0.4, -0.2) is 17.8 Å². The van der Waals surface area contributed by atoms with Gasteiger partial charge in [0, 0.05) is 29.2 Å². The summed E-state index contributed by atoms with van der Waals surface area (Å²) in [6.07, 6.45) is 6.46. The van der Waals surface area contributed by atoms with Gasteiger partial charge in [-0.15, -0.1) is 0 Å². The molecule has 1 N–H and O–H groups in total. The van der Waals surface area contributed by atoms with E-state index in [1.165, 1.54) is 19.2 Å². The molecule has 0 aliphatic carbocycles. The normalized spacial score (nSPS) is 13.1. The standard InChI is InChI=1S/C25H27F2N3O/c1-6-12-28-25(30-21-10-9-20(15-31)19(7-2)13-21)18(5)29-14-17(4)22-11-8-16(3)23(26)24(22)27/h6,8-15H,7H2,1-5H3,(H,28,30)/b12-6-,17-14+,29-18?. The highest BCUT2D eigenvalue weighted by molar-refractivity contribution is 6.45. The minimum absolute atomic E-state index is 0.164. The zero-order valence-electron chi connectivity index (χ0n) is 18.5. The number of carbonyl (C=O) groups is 1. The van der Waals surface area contributed by atoms with Crippen LogP contribution in [0.4, 0.5) is 14.5 Å². The van der Waals surface area contributed by atoms with E-state index >= 15 is 0 Å². The number of hydrogen-bond acceptors (Lipinski definition) is 3. The lowest BCUT2D eigenvalue weighted by Crippen LogP contribution is -2.20. The number of rotatable bonds is 7. The smallest absolute Gasteiger partial charge is 0.166 e. The number of carbonyl (C=O) groups excluding carboxylic acids is 1. The zero-order valence-corrected chi connectivity index (χ0v) is 18.5. The van der Waals surface area contributed by atoms with E-state index in [0.717, 1.165) is 24.0 Å². The van der Waals surface area contributed by atoms with Gasteiger partial charge >= 0.3 is 0 Å². The van der Waals surface area contributed by atoms with E-state index in [1.54, 1.807) is 44.3 Å². The predicted octanol–water partition coefficient (Wildman–Crippen LogP) is 6.51. The van der Waals surface area contributed by atoms with Crippen LogP contribution in [0.2, 0.25) is 0 Å². The molecule has 0 unspecified atom stereocenters. The zero-order chi connectivity index (χ0) is 23.0. The first-order valence-corrected chi connectivity index (χ1v) is 10.0. The second-order valence-electron chi connectivity index (χ2n) is 7.05. The summed E-state index contributed by atoms with van der Waals surface area (Å²) in [5, 5.41) is 3.22. The SMILES string of the molecule is C/C=C\N=C(Nc1ccc(C=O)c(CC)c1)C(C)=N/C=C(\C)c1ccc(C)c(F)c1F. The Hall–Kier alpha value is -3.41. The Morgan fingerprint density at radius 2 is 1.84 bits per heavy atom. The average Bonchev–Trinajstić information content (AvgIpc) is 2.78. The second kappa shape index (κ2) is 11.1. The third kappa shape index (κ3) is 6.04. The monoisotopic (exact) mass is 423 g/mol. The number of nitrogens with zero attached hydrogens (tertiary/aromatic N) is 2. The lowest BCUT2D eigenvalue weighted by atomic mass is 10.1. The molecule has 0 fully saturated rings. The molecule has 2 aromatic carbocycles. The van der Waals surface area contributed by atoms with Crippen molar-refractivity contribution in [3.05, 3.63) is 82.7 Å². The van der Waals surface area contributed by atoms with Gasteiger partial charge < -0.3 is 5.32 Å². The Morgan fingerprint density at radius 3 is 2.48 bits per heavy atom.